The summed E-state index contributed by atoms with van der Waals surface area (Å²) in [6.07, 6.45) is 0. The van der Waals surface area contributed by atoms with E-state index >= 15 is 0 Å². The van der Waals surface area contributed by atoms with Crippen LogP contribution < -0.4 is 14.2 Å². The molecule has 0 spiro atoms. The highest BCUT2D eigenvalue weighted by Crippen LogP contribution is 2.36. The quantitative estimate of drug-likeness (QED) is 0.409. The summed E-state index contributed by atoms with van der Waals surface area (Å²) in [6.45, 7) is 0. The van der Waals surface area contributed by atoms with E-state index in [0.29, 0.717) is 16.7 Å². The molecule has 1 aromatic heterocycles. The predicted octanol–water partition coefficient (Wildman–Crippen LogP) is 4.62. The first-order valence-corrected chi connectivity index (χ1v) is 10.9. The van der Waals surface area contributed by atoms with E-state index in [1.807, 2.05) is 0 Å². The van der Waals surface area contributed by atoms with Gasteiger partial charge in [0.15, 0.2) is 5.76 Å². The van der Waals surface area contributed by atoms with E-state index in [0.717, 1.165) is 12.1 Å². The zero-order valence-electron chi connectivity index (χ0n) is 17.1. The Kier molecular flexibility index (Phi) is 5.58. The number of carbonyl (C=O) groups excluding carboxylic acids is 1. The molecule has 0 fully saturated rings. The number of ether oxygens (including phenoxy) is 2. The van der Waals surface area contributed by atoms with Crippen LogP contribution >= 0.6 is 0 Å². The summed E-state index contributed by atoms with van der Waals surface area (Å²) in [6, 6.07) is 15.8. The Morgan fingerprint density at radius 1 is 0.969 bits per heavy atom. The average Bonchev–Trinajstić information content (AvgIpc) is 3.16. The van der Waals surface area contributed by atoms with Crippen molar-refractivity contribution in [3.05, 3.63) is 83.9 Å². The molecule has 7 nitrogen and oxygen atoms in total. The van der Waals surface area contributed by atoms with Gasteiger partial charge in [0.05, 0.1) is 14.2 Å². The standard InChI is InChI=1S/C23H18FNO6S/c1-29-16-11-12-19(30-2)20(13-16)32(27,28)25-21-17-5-3-4-6-18(17)31-23(21)22(26)14-7-9-15(24)10-8-14/h3-13,25H,1-2H3. The number of hydrogen-bond donors (Lipinski definition) is 1. The van der Waals surface area contributed by atoms with Gasteiger partial charge in [-0.3, -0.25) is 9.52 Å². The highest BCUT2D eigenvalue weighted by molar-refractivity contribution is 7.92. The molecule has 0 unspecified atom stereocenters. The van der Waals surface area contributed by atoms with Gasteiger partial charge in [0.1, 0.15) is 33.5 Å². The first-order valence-electron chi connectivity index (χ1n) is 9.40. The van der Waals surface area contributed by atoms with Crippen LogP contribution in [0.3, 0.4) is 0 Å². The monoisotopic (exact) mass is 455 g/mol. The number of anilines is 1. The number of halogens is 1. The lowest BCUT2D eigenvalue weighted by atomic mass is 10.1. The Balaban J connectivity index is 1.85. The molecule has 1 heterocycles. The van der Waals surface area contributed by atoms with E-state index in [2.05, 4.69) is 4.72 Å². The molecule has 0 atom stereocenters. The second kappa shape index (κ2) is 8.35. The Morgan fingerprint density at radius 2 is 1.69 bits per heavy atom. The average molecular weight is 455 g/mol. The number of rotatable bonds is 7. The molecule has 0 aliphatic carbocycles. The van der Waals surface area contributed by atoms with Crippen molar-refractivity contribution in [3.8, 4) is 11.5 Å². The number of sulfonamides is 1. The molecule has 0 amide bonds. The molecule has 4 aromatic rings. The largest absolute Gasteiger partial charge is 0.497 e. The van der Waals surface area contributed by atoms with Gasteiger partial charge in [-0.25, -0.2) is 12.8 Å². The number of para-hydroxylation sites is 1. The lowest BCUT2D eigenvalue weighted by molar-refractivity contribution is 0.101. The van der Waals surface area contributed by atoms with Gasteiger partial charge in [-0.05, 0) is 48.5 Å². The number of furan rings is 1. The van der Waals surface area contributed by atoms with Crippen molar-refractivity contribution in [2.75, 3.05) is 18.9 Å². The van der Waals surface area contributed by atoms with Gasteiger partial charge in [-0.15, -0.1) is 0 Å². The zero-order valence-corrected chi connectivity index (χ0v) is 17.9. The molecule has 1 N–H and O–H groups in total. The predicted molar refractivity (Wildman–Crippen MR) is 116 cm³/mol. The fraction of sp³-hybridized carbons (Fsp3) is 0.0870. The van der Waals surface area contributed by atoms with E-state index in [-0.39, 0.29) is 27.7 Å². The van der Waals surface area contributed by atoms with Crippen molar-refractivity contribution in [2.24, 2.45) is 0 Å². The first kappa shape index (κ1) is 21.4. The van der Waals surface area contributed by atoms with E-state index in [4.69, 9.17) is 13.9 Å². The first-order chi connectivity index (χ1) is 15.3. The van der Waals surface area contributed by atoms with Crippen LogP contribution in [0.25, 0.3) is 11.0 Å². The van der Waals surface area contributed by atoms with Crippen LogP contribution in [0.1, 0.15) is 16.1 Å². The van der Waals surface area contributed by atoms with Crippen molar-refractivity contribution in [1.82, 2.24) is 0 Å². The number of benzene rings is 3. The van der Waals surface area contributed by atoms with Crippen molar-refractivity contribution in [2.45, 2.75) is 4.90 Å². The molecule has 0 radical (unpaired) electrons. The molecular formula is C23H18FNO6S. The highest BCUT2D eigenvalue weighted by atomic mass is 32.2. The number of methoxy groups -OCH3 is 2. The highest BCUT2D eigenvalue weighted by Gasteiger charge is 2.28. The number of ketones is 1. The molecule has 4 rings (SSSR count). The van der Waals surface area contributed by atoms with E-state index < -0.39 is 21.6 Å². The van der Waals surface area contributed by atoms with E-state index in [1.54, 1.807) is 30.3 Å². The molecule has 0 bridgehead atoms. The summed E-state index contributed by atoms with van der Waals surface area (Å²) in [7, 11) is -1.47. The fourth-order valence-electron chi connectivity index (χ4n) is 3.22. The van der Waals surface area contributed by atoms with Crippen molar-refractivity contribution in [3.63, 3.8) is 0 Å². The van der Waals surface area contributed by atoms with Crippen LogP contribution in [0.2, 0.25) is 0 Å². The van der Waals surface area contributed by atoms with Crippen LogP contribution in [0.5, 0.6) is 11.5 Å². The summed E-state index contributed by atoms with van der Waals surface area (Å²) >= 11 is 0. The Morgan fingerprint density at radius 3 is 2.38 bits per heavy atom. The Bertz CT molecular complexity index is 1410. The number of fused-ring (bicyclic) bond motifs is 1. The van der Waals surface area contributed by atoms with Crippen molar-refractivity contribution < 1.29 is 31.5 Å². The molecule has 0 aliphatic heterocycles. The minimum atomic E-state index is -4.22. The molecule has 3 aromatic carbocycles. The summed E-state index contributed by atoms with van der Waals surface area (Å²) in [5, 5.41) is 0.392. The third-order valence-electron chi connectivity index (χ3n) is 4.80. The van der Waals surface area contributed by atoms with Crippen molar-refractivity contribution in [1.29, 1.82) is 0 Å². The summed E-state index contributed by atoms with van der Waals surface area (Å²) in [5.74, 6) is -0.916. The molecular weight excluding hydrogens is 437 g/mol. The summed E-state index contributed by atoms with van der Waals surface area (Å²) in [5.41, 5.74) is 0.429. The topological polar surface area (TPSA) is 94.8 Å². The molecule has 0 saturated heterocycles. The Labute approximate surface area is 183 Å². The van der Waals surface area contributed by atoms with Gasteiger partial charge in [-0.2, -0.15) is 0 Å². The van der Waals surface area contributed by atoms with Gasteiger partial charge in [0.25, 0.3) is 10.0 Å². The van der Waals surface area contributed by atoms with Crippen LogP contribution in [0, 0.1) is 5.82 Å². The van der Waals surface area contributed by atoms with Crippen LogP contribution in [0.4, 0.5) is 10.1 Å². The van der Waals surface area contributed by atoms with Gasteiger partial charge in [0.2, 0.25) is 5.78 Å². The maximum absolute atomic E-state index is 13.3. The van der Waals surface area contributed by atoms with Gasteiger partial charge in [0, 0.05) is 17.0 Å². The maximum atomic E-state index is 13.3. The normalized spacial score (nSPS) is 11.3. The van der Waals surface area contributed by atoms with E-state index in [9.17, 15) is 17.6 Å². The molecule has 32 heavy (non-hydrogen) atoms. The summed E-state index contributed by atoms with van der Waals surface area (Å²) < 4.78 is 58.4. The number of nitrogens with one attached hydrogen (secondary N) is 1. The van der Waals surface area contributed by atoms with Gasteiger partial charge < -0.3 is 13.9 Å². The lowest BCUT2D eigenvalue weighted by Crippen LogP contribution is -2.16. The Hall–Kier alpha value is -3.85. The zero-order chi connectivity index (χ0) is 22.9. The van der Waals surface area contributed by atoms with E-state index in [1.165, 1.54) is 38.5 Å². The molecule has 9 heteroatoms. The number of carbonyl (C=O) groups is 1. The van der Waals surface area contributed by atoms with Crippen LogP contribution in [-0.4, -0.2) is 28.4 Å². The van der Waals surface area contributed by atoms with Gasteiger partial charge >= 0.3 is 0 Å². The fourth-order valence-corrected chi connectivity index (χ4v) is 4.49. The summed E-state index contributed by atoms with van der Waals surface area (Å²) in [4.78, 5) is 12.9. The molecule has 0 saturated carbocycles. The lowest BCUT2D eigenvalue weighted by Gasteiger charge is -2.13. The third kappa shape index (κ3) is 3.90. The minimum Gasteiger partial charge on any atom is -0.497 e. The van der Waals surface area contributed by atoms with Crippen molar-refractivity contribution >= 4 is 32.5 Å². The smallest absolute Gasteiger partial charge is 0.265 e. The number of hydrogen-bond acceptors (Lipinski definition) is 6. The second-order valence-corrected chi connectivity index (χ2v) is 8.41. The van der Waals surface area contributed by atoms with Crippen LogP contribution in [-0.2, 0) is 10.0 Å². The third-order valence-corrected chi connectivity index (χ3v) is 6.18. The molecule has 164 valence electrons. The van der Waals surface area contributed by atoms with Gasteiger partial charge in [-0.1, -0.05) is 12.1 Å². The minimum absolute atomic E-state index is 0.0280. The SMILES string of the molecule is COc1ccc(OC)c(S(=O)(=O)Nc2c(C(=O)c3ccc(F)cc3)oc3ccccc23)c1. The van der Waals surface area contributed by atoms with Crippen LogP contribution in [0.15, 0.2) is 76.0 Å². The maximum Gasteiger partial charge on any atom is 0.265 e. The second-order valence-electron chi connectivity index (χ2n) is 6.76. The molecule has 0 aliphatic rings.